The van der Waals surface area contributed by atoms with E-state index in [0.29, 0.717) is 38.5 Å². The third-order valence-electron chi connectivity index (χ3n) is 4.86. The van der Waals surface area contributed by atoms with E-state index in [2.05, 4.69) is 9.97 Å². The topological polar surface area (TPSA) is 177 Å². The summed E-state index contributed by atoms with van der Waals surface area (Å²) < 4.78 is 37.7. The zero-order valence-electron chi connectivity index (χ0n) is 19.6. The minimum Gasteiger partial charge on any atom is -0.477 e. The molecule has 0 atom stereocenters. The SMILES string of the molecule is CCOc1ncccc1C(=O)N(CCS(=O)(=O)N1CCOCC1)Cc1ccncc1.O=C(O)C(=O)O. The van der Waals surface area contributed by atoms with Crippen molar-refractivity contribution in [2.75, 3.05) is 45.2 Å². The number of carbonyl (C=O) groups excluding carboxylic acids is 1. The molecule has 1 aliphatic rings. The second-order valence-corrected chi connectivity index (χ2v) is 9.40. The lowest BCUT2D eigenvalue weighted by molar-refractivity contribution is -0.159. The van der Waals surface area contributed by atoms with Gasteiger partial charge in [0.15, 0.2) is 0 Å². The van der Waals surface area contributed by atoms with Gasteiger partial charge in [-0.15, -0.1) is 0 Å². The van der Waals surface area contributed by atoms with E-state index in [4.69, 9.17) is 29.3 Å². The second kappa shape index (κ2) is 14.1. The van der Waals surface area contributed by atoms with Crippen LogP contribution < -0.4 is 4.74 Å². The molecule has 0 spiro atoms. The van der Waals surface area contributed by atoms with Crippen LogP contribution >= 0.6 is 0 Å². The van der Waals surface area contributed by atoms with E-state index < -0.39 is 22.0 Å². The van der Waals surface area contributed by atoms with Crippen molar-refractivity contribution in [2.24, 2.45) is 0 Å². The molecule has 0 radical (unpaired) electrons. The number of carboxylic acid groups (broad SMARTS) is 2. The van der Waals surface area contributed by atoms with E-state index in [0.717, 1.165) is 5.56 Å². The Morgan fingerprint density at radius 3 is 2.31 bits per heavy atom. The summed E-state index contributed by atoms with van der Waals surface area (Å²) in [6.07, 6.45) is 4.83. The van der Waals surface area contributed by atoms with Crippen LogP contribution in [0.1, 0.15) is 22.8 Å². The van der Waals surface area contributed by atoms with Crippen LogP contribution in [-0.2, 0) is 30.9 Å². The molecule has 13 nitrogen and oxygen atoms in total. The Balaban J connectivity index is 0.000000678. The summed E-state index contributed by atoms with van der Waals surface area (Å²) in [5, 5.41) is 14.8. The molecule has 1 saturated heterocycles. The molecule has 1 fully saturated rings. The van der Waals surface area contributed by atoms with Gasteiger partial charge in [-0.2, -0.15) is 4.31 Å². The maximum absolute atomic E-state index is 13.3. The largest absolute Gasteiger partial charge is 0.477 e. The van der Waals surface area contributed by atoms with Gasteiger partial charge in [-0.25, -0.2) is 23.0 Å². The van der Waals surface area contributed by atoms with Crippen molar-refractivity contribution in [3.8, 4) is 5.88 Å². The van der Waals surface area contributed by atoms with E-state index in [1.54, 1.807) is 42.9 Å². The predicted octanol–water partition coefficient (Wildman–Crippen LogP) is 0.335. The number of rotatable bonds is 9. The third-order valence-corrected chi connectivity index (χ3v) is 6.71. The van der Waals surface area contributed by atoms with Gasteiger partial charge in [0.1, 0.15) is 5.56 Å². The van der Waals surface area contributed by atoms with E-state index in [1.165, 1.54) is 9.21 Å². The molecule has 3 heterocycles. The average Bonchev–Trinajstić information content (AvgIpc) is 2.88. The first-order valence-electron chi connectivity index (χ1n) is 10.9. The first-order valence-corrected chi connectivity index (χ1v) is 12.5. The van der Waals surface area contributed by atoms with Crippen LogP contribution in [0.25, 0.3) is 0 Å². The highest BCUT2D eigenvalue weighted by Crippen LogP contribution is 2.19. The average molecular weight is 525 g/mol. The molecule has 1 amide bonds. The first-order chi connectivity index (χ1) is 17.2. The highest BCUT2D eigenvalue weighted by molar-refractivity contribution is 7.89. The number of ether oxygens (including phenoxy) is 2. The predicted molar refractivity (Wildman–Crippen MR) is 126 cm³/mol. The number of nitrogens with zero attached hydrogens (tertiary/aromatic N) is 4. The lowest BCUT2D eigenvalue weighted by Crippen LogP contribution is -2.44. The fraction of sp³-hybridized carbons (Fsp3) is 0.409. The molecule has 2 aromatic rings. The Bertz CT molecular complexity index is 1110. The zero-order chi connectivity index (χ0) is 26.6. The van der Waals surface area contributed by atoms with Crippen LogP contribution in [0.4, 0.5) is 0 Å². The number of sulfonamides is 1. The number of aliphatic carboxylic acids is 2. The molecule has 3 rings (SSSR count). The van der Waals surface area contributed by atoms with Gasteiger partial charge in [0.05, 0.1) is 25.6 Å². The summed E-state index contributed by atoms with van der Waals surface area (Å²) in [5.41, 5.74) is 1.15. The summed E-state index contributed by atoms with van der Waals surface area (Å²) in [7, 11) is -3.51. The third kappa shape index (κ3) is 8.87. The first kappa shape index (κ1) is 28.6. The van der Waals surface area contributed by atoms with Crippen molar-refractivity contribution in [2.45, 2.75) is 13.5 Å². The van der Waals surface area contributed by atoms with Gasteiger partial charge in [-0.1, -0.05) is 0 Å². The molecule has 0 aromatic carbocycles. The number of amides is 1. The van der Waals surface area contributed by atoms with Crippen molar-refractivity contribution in [3.63, 3.8) is 0 Å². The molecule has 2 N–H and O–H groups in total. The minimum absolute atomic E-state index is 0.0430. The number of hydrogen-bond donors (Lipinski definition) is 2. The van der Waals surface area contributed by atoms with Gasteiger partial charge in [-0.3, -0.25) is 9.78 Å². The van der Waals surface area contributed by atoms with E-state index >= 15 is 0 Å². The van der Waals surface area contributed by atoms with Crippen LogP contribution in [0, 0.1) is 0 Å². The van der Waals surface area contributed by atoms with Crippen molar-refractivity contribution < 1.29 is 42.5 Å². The maximum Gasteiger partial charge on any atom is 0.414 e. The number of carboxylic acids is 2. The van der Waals surface area contributed by atoms with Gasteiger partial charge in [0.2, 0.25) is 15.9 Å². The Morgan fingerprint density at radius 2 is 1.72 bits per heavy atom. The molecule has 196 valence electrons. The molecule has 0 aliphatic carbocycles. The quantitative estimate of drug-likeness (QED) is 0.432. The Hall–Kier alpha value is -3.62. The summed E-state index contributed by atoms with van der Waals surface area (Å²) in [5.74, 6) is -3.92. The molecular formula is C22H28N4O9S. The molecule has 1 aliphatic heterocycles. The van der Waals surface area contributed by atoms with Gasteiger partial charge in [0, 0.05) is 44.8 Å². The number of hydrogen-bond acceptors (Lipinski definition) is 9. The van der Waals surface area contributed by atoms with Crippen LogP contribution in [0.5, 0.6) is 5.88 Å². The smallest absolute Gasteiger partial charge is 0.414 e. The molecule has 0 unspecified atom stereocenters. The van der Waals surface area contributed by atoms with Crippen molar-refractivity contribution >= 4 is 27.9 Å². The van der Waals surface area contributed by atoms with Crippen LogP contribution in [0.15, 0.2) is 42.9 Å². The molecule has 0 saturated carbocycles. The Labute approximate surface area is 208 Å². The Morgan fingerprint density at radius 1 is 1.08 bits per heavy atom. The summed E-state index contributed by atoms with van der Waals surface area (Å²) >= 11 is 0. The molecule has 2 aromatic heterocycles. The van der Waals surface area contributed by atoms with Crippen molar-refractivity contribution in [1.29, 1.82) is 0 Å². The molecule has 14 heteroatoms. The van der Waals surface area contributed by atoms with Gasteiger partial charge in [-0.05, 0) is 36.8 Å². The standard InChI is InChI=1S/C20H26N4O5S.C2H2O4/c1-2-29-19-18(4-3-7-22-19)20(25)23(16-17-5-8-21-9-6-17)12-15-30(26,27)24-10-13-28-14-11-24;3-1(4)2(5)6/h3-9H,2,10-16H2,1H3;(H,3,4)(H,5,6). The molecule has 36 heavy (non-hydrogen) atoms. The lowest BCUT2D eigenvalue weighted by Gasteiger charge is -2.28. The maximum atomic E-state index is 13.3. The van der Waals surface area contributed by atoms with Crippen LogP contribution in [0.2, 0.25) is 0 Å². The summed E-state index contributed by atoms with van der Waals surface area (Å²) in [4.78, 5) is 41.1. The Kier molecular flexibility index (Phi) is 11.2. The van der Waals surface area contributed by atoms with Crippen molar-refractivity contribution in [3.05, 3.63) is 54.0 Å². The number of pyridine rings is 2. The highest BCUT2D eigenvalue weighted by Gasteiger charge is 2.27. The van der Waals surface area contributed by atoms with E-state index in [-0.39, 0.29) is 30.6 Å². The molecule has 0 bridgehead atoms. The normalized spacial score (nSPS) is 13.7. The van der Waals surface area contributed by atoms with Crippen molar-refractivity contribution in [1.82, 2.24) is 19.2 Å². The highest BCUT2D eigenvalue weighted by atomic mass is 32.2. The van der Waals surface area contributed by atoms with Gasteiger partial charge < -0.3 is 24.6 Å². The van der Waals surface area contributed by atoms with Crippen LogP contribution in [0.3, 0.4) is 0 Å². The van der Waals surface area contributed by atoms with Gasteiger partial charge in [0.25, 0.3) is 5.91 Å². The van der Waals surface area contributed by atoms with Crippen LogP contribution in [-0.4, -0.2) is 101 Å². The summed E-state index contributed by atoms with van der Waals surface area (Å²) in [6.45, 7) is 3.90. The fourth-order valence-corrected chi connectivity index (χ4v) is 4.53. The van der Waals surface area contributed by atoms with E-state index in [1.807, 2.05) is 6.92 Å². The zero-order valence-corrected chi connectivity index (χ0v) is 20.5. The number of morpholine rings is 1. The number of aromatic nitrogens is 2. The fourth-order valence-electron chi connectivity index (χ4n) is 3.12. The summed E-state index contributed by atoms with van der Waals surface area (Å²) in [6, 6.07) is 6.88. The molecular weight excluding hydrogens is 496 g/mol. The lowest BCUT2D eigenvalue weighted by atomic mass is 10.2. The second-order valence-electron chi connectivity index (χ2n) is 7.31. The monoisotopic (exact) mass is 524 g/mol. The number of carbonyl (C=O) groups is 3. The van der Waals surface area contributed by atoms with Gasteiger partial charge >= 0.3 is 11.9 Å². The minimum atomic E-state index is -3.51. The van der Waals surface area contributed by atoms with E-state index in [9.17, 15) is 13.2 Å².